The molecule has 15 heavy (non-hydrogen) atoms. The number of hydrogen-bond donors (Lipinski definition) is 1. The van der Waals surface area contributed by atoms with Crippen LogP contribution in [0.3, 0.4) is 0 Å². The maximum atomic E-state index is 11.8. The highest BCUT2D eigenvalue weighted by atomic mass is 16.1. The van der Waals surface area contributed by atoms with Gasteiger partial charge in [-0.05, 0) is 38.0 Å². The number of ketones is 1. The van der Waals surface area contributed by atoms with Gasteiger partial charge < -0.3 is 5.73 Å². The Hall–Kier alpha value is -1.05. The predicted molar refractivity (Wildman–Crippen MR) is 65.3 cm³/mol. The Balaban J connectivity index is 4.69. The molecule has 1 unspecified atom stereocenters. The van der Waals surface area contributed by atoms with E-state index in [9.17, 15) is 4.79 Å². The van der Waals surface area contributed by atoms with Gasteiger partial charge in [-0.3, -0.25) is 4.79 Å². The van der Waals surface area contributed by atoms with Crippen LogP contribution in [0.1, 0.15) is 41.0 Å². The van der Waals surface area contributed by atoms with E-state index >= 15 is 0 Å². The maximum absolute atomic E-state index is 11.8. The van der Waals surface area contributed by atoms with Crippen molar-refractivity contribution in [2.75, 3.05) is 0 Å². The van der Waals surface area contributed by atoms with E-state index in [1.807, 2.05) is 33.8 Å². The minimum absolute atomic E-state index is 0.0807. The molecule has 0 heterocycles. The van der Waals surface area contributed by atoms with Crippen LogP contribution in [0, 0.1) is 11.8 Å². The number of hydrogen-bond acceptors (Lipinski definition) is 2. The molecule has 0 aliphatic carbocycles. The monoisotopic (exact) mass is 209 g/mol. The van der Waals surface area contributed by atoms with Gasteiger partial charge in [-0.25, -0.2) is 0 Å². The summed E-state index contributed by atoms with van der Waals surface area (Å²) in [6.07, 6.45) is 4.38. The number of carbonyl (C=O) groups excluding carboxylic acids is 1. The summed E-state index contributed by atoms with van der Waals surface area (Å²) in [7, 11) is 0. The van der Waals surface area contributed by atoms with Gasteiger partial charge >= 0.3 is 0 Å². The third kappa shape index (κ3) is 4.32. The molecule has 0 spiro atoms. The molecule has 0 rings (SSSR count). The Morgan fingerprint density at radius 3 is 2.20 bits per heavy atom. The summed E-state index contributed by atoms with van der Waals surface area (Å²) in [4.78, 5) is 11.8. The summed E-state index contributed by atoms with van der Waals surface area (Å²) in [5.41, 5.74) is 7.38. The normalized spacial score (nSPS) is 15.6. The predicted octanol–water partition coefficient (Wildman–Crippen LogP) is 3.05. The molecular formula is C13H23NO. The largest absolute Gasteiger partial charge is 0.405 e. The van der Waals surface area contributed by atoms with E-state index in [-0.39, 0.29) is 11.7 Å². The Labute approximate surface area is 93.2 Å². The summed E-state index contributed by atoms with van der Waals surface area (Å²) < 4.78 is 0. The van der Waals surface area contributed by atoms with Gasteiger partial charge in [0.1, 0.15) is 0 Å². The van der Waals surface area contributed by atoms with Gasteiger partial charge in [-0.15, -0.1) is 0 Å². The quantitative estimate of drug-likeness (QED) is 0.707. The van der Waals surface area contributed by atoms with Crippen LogP contribution in [0.2, 0.25) is 0 Å². The van der Waals surface area contributed by atoms with Crippen molar-refractivity contribution in [3.63, 3.8) is 0 Å². The molecule has 0 aromatic carbocycles. The Morgan fingerprint density at radius 2 is 1.80 bits per heavy atom. The maximum Gasteiger partial charge on any atom is 0.161 e. The highest BCUT2D eigenvalue weighted by Crippen LogP contribution is 2.20. The molecule has 0 aromatic heterocycles. The van der Waals surface area contributed by atoms with Crippen molar-refractivity contribution in [1.82, 2.24) is 0 Å². The van der Waals surface area contributed by atoms with Crippen LogP contribution in [0.15, 0.2) is 23.4 Å². The molecule has 0 aromatic rings. The second kappa shape index (κ2) is 6.44. The number of Topliss-reactive ketones (excluding diaryl/α,β-unsaturated/α-hetero) is 1. The highest BCUT2D eigenvalue weighted by Gasteiger charge is 2.14. The third-order valence-corrected chi connectivity index (χ3v) is 2.85. The van der Waals surface area contributed by atoms with Gasteiger partial charge in [0, 0.05) is 5.92 Å². The van der Waals surface area contributed by atoms with E-state index in [2.05, 4.69) is 6.92 Å². The Morgan fingerprint density at radius 1 is 1.27 bits per heavy atom. The minimum Gasteiger partial charge on any atom is -0.405 e. The van der Waals surface area contributed by atoms with Gasteiger partial charge in [0.25, 0.3) is 0 Å². The zero-order chi connectivity index (χ0) is 12.0. The molecule has 1 atom stereocenters. The molecule has 0 aliphatic heterocycles. The molecular weight excluding hydrogens is 186 g/mol. The van der Waals surface area contributed by atoms with E-state index in [1.165, 1.54) is 5.57 Å². The lowest BCUT2D eigenvalue weighted by Crippen LogP contribution is -2.12. The summed E-state index contributed by atoms with van der Waals surface area (Å²) in [6.45, 7) is 9.94. The molecule has 0 saturated carbocycles. The van der Waals surface area contributed by atoms with Crippen molar-refractivity contribution in [3.05, 3.63) is 23.4 Å². The smallest absolute Gasteiger partial charge is 0.161 e. The molecule has 2 N–H and O–H groups in total. The van der Waals surface area contributed by atoms with Crippen molar-refractivity contribution >= 4 is 5.78 Å². The fourth-order valence-corrected chi connectivity index (χ4v) is 1.46. The Kier molecular flexibility index (Phi) is 5.99. The van der Waals surface area contributed by atoms with Crippen LogP contribution in [0.5, 0.6) is 0 Å². The van der Waals surface area contributed by atoms with Gasteiger partial charge in [0.05, 0.1) is 0 Å². The molecule has 0 bridgehead atoms. The lowest BCUT2D eigenvalue weighted by Gasteiger charge is -2.14. The molecule has 2 nitrogen and oxygen atoms in total. The van der Waals surface area contributed by atoms with Crippen LogP contribution in [-0.2, 0) is 4.79 Å². The van der Waals surface area contributed by atoms with Crippen LogP contribution in [-0.4, -0.2) is 5.78 Å². The van der Waals surface area contributed by atoms with E-state index in [0.29, 0.717) is 5.92 Å². The third-order valence-electron chi connectivity index (χ3n) is 2.85. The summed E-state index contributed by atoms with van der Waals surface area (Å²) in [6, 6.07) is 0. The van der Waals surface area contributed by atoms with Crippen molar-refractivity contribution < 1.29 is 4.79 Å². The topological polar surface area (TPSA) is 43.1 Å². The molecule has 0 aliphatic rings. The molecule has 86 valence electrons. The highest BCUT2D eigenvalue weighted by molar-refractivity contribution is 5.96. The van der Waals surface area contributed by atoms with Crippen molar-refractivity contribution in [3.8, 4) is 0 Å². The number of allylic oxidation sites excluding steroid dienone is 3. The summed E-state index contributed by atoms with van der Waals surface area (Å²) in [5.74, 6) is 0.709. The molecule has 0 fully saturated rings. The van der Waals surface area contributed by atoms with Crippen molar-refractivity contribution in [2.45, 2.75) is 41.0 Å². The number of nitrogens with two attached hydrogens (primary N) is 1. The standard InChI is InChI=1S/C13H23NO/c1-9(2)13(15)12(5)11(4)10(3)7-6-8-14/h6,8-10H,7,14H2,1-5H3/b8-6+,12-11-. The molecule has 2 heteroatoms. The first-order chi connectivity index (χ1) is 6.91. The first-order valence-electron chi connectivity index (χ1n) is 5.50. The van der Waals surface area contributed by atoms with Crippen LogP contribution in [0.4, 0.5) is 0 Å². The van der Waals surface area contributed by atoms with Crippen LogP contribution < -0.4 is 5.73 Å². The molecule has 0 amide bonds. The van der Waals surface area contributed by atoms with E-state index < -0.39 is 0 Å². The average Bonchev–Trinajstić information content (AvgIpc) is 2.22. The summed E-state index contributed by atoms with van der Waals surface area (Å²) >= 11 is 0. The molecule has 0 saturated heterocycles. The van der Waals surface area contributed by atoms with E-state index in [4.69, 9.17) is 5.73 Å². The van der Waals surface area contributed by atoms with E-state index in [1.54, 1.807) is 6.20 Å². The number of rotatable bonds is 5. The average molecular weight is 209 g/mol. The number of carbonyl (C=O) groups is 1. The fraction of sp³-hybridized carbons (Fsp3) is 0.615. The van der Waals surface area contributed by atoms with Crippen LogP contribution in [0.25, 0.3) is 0 Å². The van der Waals surface area contributed by atoms with Gasteiger partial charge in [-0.2, -0.15) is 0 Å². The summed E-state index contributed by atoms with van der Waals surface area (Å²) in [5, 5.41) is 0. The van der Waals surface area contributed by atoms with Gasteiger partial charge in [-0.1, -0.05) is 32.4 Å². The first kappa shape index (κ1) is 13.9. The second-order valence-electron chi connectivity index (χ2n) is 4.39. The molecule has 0 radical (unpaired) electrons. The second-order valence-corrected chi connectivity index (χ2v) is 4.39. The fourth-order valence-electron chi connectivity index (χ4n) is 1.46. The van der Waals surface area contributed by atoms with Crippen LogP contribution >= 0.6 is 0 Å². The minimum atomic E-state index is 0.0807. The zero-order valence-electron chi connectivity index (χ0n) is 10.5. The first-order valence-corrected chi connectivity index (χ1v) is 5.50. The van der Waals surface area contributed by atoms with Gasteiger partial charge in [0.15, 0.2) is 5.78 Å². The zero-order valence-corrected chi connectivity index (χ0v) is 10.5. The van der Waals surface area contributed by atoms with E-state index in [0.717, 1.165) is 12.0 Å². The SMILES string of the molecule is C/C(C(=O)C(C)C)=C(\C)C(C)C/C=C/N. The Bertz CT molecular complexity index is 274. The van der Waals surface area contributed by atoms with Crippen molar-refractivity contribution in [1.29, 1.82) is 0 Å². The lowest BCUT2D eigenvalue weighted by atomic mass is 9.90. The van der Waals surface area contributed by atoms with Gasteiger partial charge in [0.2, 0.25) is 0 Å². The lowest BCUT2D eigenvalue weighted by molar-refractivity contribution is -0.118. The van der Waals surface area contributed by atoms with Crippen molar-refractivity contribution in [2.24, 2.45) is 17.6 Å².